The Labute approximate surface area is 125 Å². The molecule has 0 bridgehead atoms. The molecule has 2 rings (SSSR count). The molecule has 1 heterocycles. The van der Waals surface area contributed by atoms with Gasteiger partial charge in [-0.2, -0.15) is 4.31 Å². The molecular formula is C14H20N2O4S. The van der Waals surface area contributed by atoms with Gasteiger partial charge < -0.3 is 5.11 Å². The third-order valence-electron chi connectivity index (χ3n) is 4.04. The van der Waals surface area contributed by atoms with Crippen LogP contribution in [0.4, 0.5) is 0 Å². The van der Waals surface area contributed by atoms with Gasteiger partial charge in [0.1, 0.15) is 0 Å². The maximum atomic E-state index is 12.7. The lowest BCUT2D eigenvalue weighted by atomic mass is 10.1. The van der Waals surface area contributed by atoms with E-state index in [1.54, 1.807) is 0 Å². The van der Waals surface area contributed by atoms with Gasteiger partial charge in [0.25, 0.3) is 0 Å². The third kappa shape index (κ3) is 3.09. The molecular weight excluding hydrogens is 292 g/mol. The topological polar surface area (TPSA) is 77.9 Å². The van der Waals surface area contributed by atoms with Gasteiger partial charge in [0.05, 0.1) is 10.5 Å². The number of hydrogen-bond donors (Lipinski definition) is 1. The molecule has 1 aromatic rings. The molecule has 116 valence electrons. The van der Waals surface area contributed by atoms with E-state index in [2.05, 4.69) is 4.90 Å². The summed E-state index contributed by atoms with van der Waals surface area (Å²) in [5.74, 6) is -1.13. The molecule has 1 fully saturated rings. The summed E-state index contributed by atoms with van der Waals surface area (Å²) in [5, 5.41) is 8.99. The van der Waals surface area contributed by atoms with Crippen molar-refractivity contribution in [3.63, 3.8) is 0 Å². The van der Waals surface area contributed by atoms with Gasteiger partial charge in [0.15, 0.2) is 0 Å². The third-order valence-corrected chi connectivity index (χ3v) is 5.87. The molecule has 1 aliphatic heterocycles. The predicted octanol–water partition coefficient (Wildman–Crippen LogP) is 1.10. The van der Waals surface area contributed by atoms with E-state index in [0.29, 0.717) is 13.1 Å². The molecule has 1 N–H and O–H groups in total. The fraction of sp³-hybridized carbons (Fsp3) is 0.500. The van der Waals surface area contributed by atoms with Crippen molar-refractivity contribution in [1.82, 2.24) is 9.21 Å². The minimum atomic E-state index is -3.66. The molecule has 0 saturated carbocycles. The highest BCUT2D eigenvalue weighted by Crippen LogP contribution is 2.22. The lowest BCUT2D eigenvalue weighted by Crippen LogP contribution is -2.56. The fourth-order valence-corrected chi connectivity index (χ4v) is 4.14. The van der Waals surface area contributed by atoms with Crippen LogP contribution in [-0.2, 0) is 10.0 Å². The van der Waals surface area contributed by atoms with E-state index in [0.717, 1.165) is 0 Å². The average Bonchev–Trinajstić information content (AvgIpc) is 2.44. The number of carboxylic acids is 1. The van der Waals surface area contributed by atoms with Crippen LogP contribution in [0.3, 0.4) is 0 Å². The number of carboxylic acid groups (broad SMARTS) is 1. The lowest BCUT2D eigenvalue weighted by Gasteiger charge is -2.41. The van der Waals surface area contributed by atoms with Crippen molar-refractivity contribution in [2.45, 2.75) is 30.8 Å². The number of likely N-dealkylation sites (N-methyl/N-ethyl adjacent to an activating group) is 1. The summed E-state index contributed by atoms with van der Waals surface area (Å²) in [6, 6.07) is 5.73. The lowest BCUT2D eigenvalue weighted by molar-refractivity contribution is 0.0696. The number of carbonyl (C=O) groups is 1. The Morgan fingerprint density at radius 3 is 2.33 bits per heavy atom. The van der Waals surface area contributed by atoms with Gasteiger partial charge >= 0.3 is 5.97 Å². The number of hydrogen-bond acceptors (Lipinski definition) is 4. The van der Waals surface area contributed by atoms with Crippen LogP contribution in [0.15, 0.2) is 29.2 Å². The molecule has 1 saturated heterocycles. The minimum absolute atomic E-state index is 0.0219. The van der Waals surface area contributed by atoms with Crippen molar-refractivity contribution in [3.05, 3.63) is 29.8 Å². The SMILES string of the molecule is CC1CN(S(=O)(=O)c2cccc(C(=O)O)c2)CC(C)N1C. The van der Waals surface area contributed by atoms with E-state index in [1.807, 2.05) is 20.9 Å². The van der Waals surface area contributed by atoms with Crippen LogP contribution in [0.2, 0.25) is 0 Å². The van der Waals surface area contributed by atoms with Crippen LogP contribution in [-0.4, -0.2) is 60.9 Å². The van der Waals surface area contributed by atoms with Crippen LogP contribution in [0, 0.1) is 0 Å². The summed E-state index contributed by atoms with van der Waals surface area (Å²) in [6.07, 6.45) is 0. The molecule has 2 unspecified atom stereocenters. The first kappa shape index (κ1) is 15.9. The molecule has 6 nitrogen and oxygen atoms in total. The van der Waals surface area contributed by atoms with Gasteiger partial charge in [0.2, 0.25) is 10.0 Å². The molecule has 1 aromatic carbocycles. The van der Waals surface area contributed by atoms with Crippen molar-refractivity contribution in [3.8, 4) is 0 Å². The highest BCUT2D eigenvalue weighted by molar-refractivity contribution is 7.89. The highest BCUT2D eigenvalue weighted by atomic mass is 32.2. The molecule has 7 heteroatoms. The highest BCUT2D eigenvalue weighted by Gasteiger charge is 2.34. The smallest absolute Gasteiger partial charge is 0.335 e. The van der Waals surface area contributed by atoms with E-state index >= 15 is 0 Å². The number of aromatic carboxylic acids is 1. The molecule has 1 aliphatic rings. The van der Waals surface area contributed by atoms with Crippen LogP contribution in [0.25, 0.3) is 0 Å². The van der Waals surface area contributed by atoms with Crippen LogP contribution < -0.4 is 0 Å². The molecule has 0 aromatic heterocycles. The maximum Gasteiger partial charge on any atom is 0.335 e. The van der Waals surface area contributed by atoms with E-state index in [-0.39, 0.29) is 22.5 Å². The van der Waals surface area contributed by atoms with Crippen molar-refractivity contribution in [2.24, 2.45) is 0 Å². The van der Waals surface area contributed by atoms with Crippen LogP contribution in [0.5, 0.6) is 0 Å². The van der Waals surface area contributed by atoms with E-state index in [9.17, 15) is 13.2 Å². The molecule has 0 aliphatic carbocycles. The number of nitrogens with zero attached hydrogens (tertiary/aromatic N) is 2. The quantitative estimate of drug-likeness (QED) is 0.904. The maximum absolute atomic E-state index is 12.7. The van der Waals surface area contributed by atoms with Crippen LogP contribution >= 0.6 is 0 Å². The largest absolute Gasteiger partial charge is 0.478 e. The Bertz CT molecular complexity index is 632. The first-order valence-corrected chi connectivity index (χ1v) is 8.23. The second kappa shape index (κ2) is 5.75. The van der Waals surface area contributed by atoms with Gasteiger partial charge in [-0.1, -0.05) is 6.07 Å². The number of piperazine rings is 1. The Balaban J connectivity index is 2.34. The number of benzene rings is 1. The van der Waals surface area contributed by atoms with E-state index < -0.39 is 16.0 Å². The normalized spacial score (nSPS) is 24.9. The summed E-state index contributed by atoms with van der Waals surface area (Å²) >= 11 is 0. The first-order chi connectivity index (χ1) is 9.73. The zero-order chi connectivity index (χ0) is 15.8. The van der Waals surface area contributed by atoms with Crippen molar-refractivity contribution >= 4 is 16.0 Å². The predicted molar refractivity (Wildman–Crippen MR) is 78.8 cm³/mol. The standard InChI is InChI=1S/C14H20N2O4S/c1-10-8-16(9-11(2)15(10)3)21(19,20)13-6-4-5-12(7-13)14(17)18/h4-7,10-11H,8-9H2,1-3H3,(H,17,18). The van der Waals surface area contributed by atoms with Crippen molar-refractivity contribution in [1.29, 1.82) is 0 Å². The Kier molecular flexibility index (Phi) is 4.36. The first-order valence-electron chi connectivity index (χ1n) is 6.79. The Morgan fingerprint density at radius 1 is 1.24 bits per heavy atom. The van der Waals surface area contributed by atoms with E-state index in [4.69, 9.17) is 5.11 Å². The number of sulfonamides is 1. The van der Waals surface area contributed by atoms with E-state index in [1.165, 1.54) is 28.6 Å². The van der Waals surface area contributed by atoms with Gasteiger partial charge in [-0.15, -0.1) is 0 Å². The van der Waals surface area contributed by atoms with Gasteiger partial charge in [-0.25, -0.2) is 13.2 Å². The average molecular weight is 312 g/mol. The zero-order valence-electron chi connectivity index (χ0n) is 12.4. The fourth-order valence-electron chi connectivity index (χ4n) is 2.49. The van der Waals surface area contributed by atoms with Crippen molar-refractivity contribution in [2.75, 3.05) is 20.1 Å². The van der Waals surface area contributed by atoms with Gasteiger partial charge in [-0.05, 0) is 39.1 Å². The Hall–Kier alpha value is -1.44. The summed E-state index contributed by atoms with van der Waals surface area (Å²) in [4.78, 5) is 13.2. The second-order valence-corrected chi connectivity index (χ2v) is 7.46. The summed E-state index contributed by atoms with van der Waals surface area (Å²) in [6.45, 7) is 4.76. The zero-order valence-corrected chi connectivity index (χ0v) is 13.2. The van der Waals surface area contributed by atoms with Gasteiger partial charge in [0, 0.05) is 25.2 Å². The summed E-state index contributed by atoms with van der Waals surface area (Å²) in [5.41, 5.74) is -0.0219. The van der Waals surface area contributed by atoms with Crippen molar-refractivity contribution < 1.29 is 18.3 Å². The monoisotopic (exact) mass is 312 g/mol. The molecule has 0 amide bonds. The molecule has 2 atom stereocenters. The van der Waals surface area contributed by atoms with Gasteiger partial charge in [-0.3, -0.25) is 4.90 Å². The Morgan fingerprint density at radius 2 is 1.81 bits per heavy atom. The minimum Gasteiger partial charge on any atom is -0.478 e. The number of rotatable bonds is 3. The molecule has 0 radical (unpaired) electrons. The summed E-state index contributed by atoms with van der Waals surface area (Å²) in [7, 11) is -1.69. The van der Waals surface area contributed by atoms with Crippen LogP contribution in [0.1, 0.15) is 24.2 Å². The molecule has 0 spiro atoms. The summed E-state index contributed by atoms with van der Waals surface area (Å²) < 4.78 is 26.8. The molecule has 21 heavy (non-hydrogen) atoms. The second-order valence-electron chi connectivity index (χ2n) is 5.52.